The Kier molecular flexibility index (Phi) is 5.88. The van der Waals surface area contributed by atoms with Gasteiger partial charge in [0.05, 0.1) is 11.5 Å². The SMILES string of the molecule is O=C(Nc1ccn(Cc2cccc(F)c2)n1)c1ccn(COc2ccccc2[N+](=O)[O-])n1. The first-order chi connectivity index (χ1) is 15.5. The van der Waals surface area contributed by atoms with Gasteiger partial charge in [-0.1, -0.05) is 24.3 Å². The van der Waals surface area contributed by atoms with Crippen LogP contribution >= 0.6 is 0 Å². The summed E-state index contributed by atoms with van der Waals surface area (Å²) in [4.78, 5) is 22.9. The average Bonchev–Trinajstić information content (AvgIpc) is 3.42. The van der Waals surface area contributed by atoms with E-state index in [9.17, 15) is 19.3 Å². The summed E-state index contributed by atoms with van der Waals surface area (Å²) >= 11 is 0. The highest BCUT2D eigenvalue weighted by Crippen LogP contribution is 2.26. The van der Waals surface area contributed by atoms with Gasteiger partial charge in [0.1, 0.15) is 5.82 Å². The van der Waals surface area contributed by atoms with E-state index in [1.54, 1.807) is 41.2 Å². The Labute approximate surface area is 181 Å². The number of anilines is 1. The van der Waals surface area contributed by atoms with Crippen molar-refractivity contribution >= 4 is 17.4 Å². The zero-order chi connectivity index (χ0) is 22.5. The van der Waals surface area contributed by atoms with Crippen LogP contribution in [0.2, 0.25) is 0 Å². The molecule has 0 radical (unpaired) electrons. The summed E-state index contributed by atoms with van der Waals surface area (Å²) < 4.78 is 21.7. The van der Waals surface area contributed by atoms with Gasteiger partial charge in [0.2, 0.25) is 0 Å². The number of nitro groups is 1. The molecule has 1 N–H and O–H groups in total. The molecular formula is C21H17FN6O4. The van der Waals surface area contributed by atoms with E-state index >= 15 is 0 Å². The Balaban J connectivity index is 1.35. The van der Waals surface area contributed by atoms with Crippen molar-refractivity contribution in [3.05, 3.63) is 100 Å². The average molecular weight is 436 g/mol. The monoisotopic (exact) mass is 436 g/mol. The maximum atomic E-state index is 13.3. The normalized spacial score (nSPS) is 10.7. The second kappa shape index (κ2) is 9.08. The molecule has 32 heavy (non-hydrogen) atoms. The molecule has 4 rings (SSSR count). The fraction of sp³-hybridized carbons (Fsp3) is 0.0952. The Morgan fingerprint density at radius 3 is 2.69 bits per heavy atom. The summed E-state index contributed by atoms with van der Waals surface area (Å²) in [5.41, 5.74) is 0.700. The second-order valence-corrected chi connectivity index (χ2v) is 6.72. The smallest absolute Gasteiger partial charge is 0.311 e. The number of carbonyl (C=O) groups excluding carboxylic acids is 1. The first-order valence-corrected chi connectivity index (χ1v) is 9.47. The number of nitro benzene ring substituents is 1. The Morgan fingerprint density at radius 1 is 1.06 bits per heavy atom. The maximum absolute atomic E-state index is 13.3. The second-order valence-electron chi connectivity index (χ2n) is 6.72. The van der Waals surface area contributed by atoms with Crippen LogP contribution in [0.5, 0.6) is 5.75 Å². The highest BCUT2D eigenvalue weighted by atomic mass is 19.1. The number of hydrogen-bond acceptors (Lipinski definition) is 6. The van der Waals surface area contributed by atoms with Crippen molar-refractivity contribution in [1.29, 1.82) is 0 Å². The molecule has 0 saturated carbocycles. The molecule has 1 amide bonds. The molecule has 0 aliphatic heterocycles. The van der Waals surface area contributed by atoms with E-state index < -0.39 is 10.8 Å². The topological polar surface area (TPSA) is 117 Å². The number of rotatable bonds is 8. The molecule has 4 aromatic rings. The molecule has 0 bridgehead atoms. The third-order valence-corrected chi connectivity index (χ3v) is 4.40. The molecule has 0 fully saturated rings. The van der Waals surface area contributed by atoms with Crippen molar-refractivity contribution in [3.8, 4) is 5.75 Å². The van der Waals surface area contributed by atoms with Gasteiger partial charge in [-0.15, -0.1) is 0 Å². The summed E-state index contributed by atoms with van der Waals surface area (Å²) in [6.07, 6.45) is 3.19. The third-order valence-electron chi connectivity index (χ3n) is 4.40. The van der Waals surface area contributed by atoms with E-state index in [2.05, 4.69) is 15.5 Å². The largest absolute Gasteiger partial charge is 0.464 e. The molecule has 162 valence electrons. The van der Waals surface area contributed by atoms with Crippen molar-refractivity contribution in [2.75, 3.05) is 5.32 Å². The van der Waals surface area contributed by atoms with Crippen LogP contribution in [0.15, 0.2) is 73.1 Å². The lowest BCUT2D eigenvalue weighted by atomic mass is 10.2. The van der Waals surface area contributed by atoms with Crippen LogP contribution in [0.3, 0.4) is 0 Å². The molecule has 0 atom stereocenters. The molecule has 0 aliphatic carbocycles. The minimum Gasteiger partial charge on any atom is -0.464 e. The van der Waals surface area contributed by atoms with Gasteiger partial charge in [0.25, 0.3) is 5.91 Å². The van der Waals surface area contributed by atoms with E-state index in [1.165, 1.54) is 41.2 Å². The van der Waals surface area contributed by atoms with Crippen LogP contribution < -0.4 is 10.1 Å². The number of benzene rings is 2. The number of ether oxygens (including phenoxy) is 1. The Morgan fingerprint density at radius 2 is 1.88 bits per heavy atom. The van der Waals surface area contributed by atoms with Crippen molar-refractivity contribution < 1.29 is 18.8 Å². The molecule has 2 heterocycles. The van der Waals surface area contributed by atoms with Gasteiger partial charge in [-0.25, -0.2) is 9.07 Å². The zero-order valence-corrected chi connectivity index (χ0v) is 16.6. The number of hydrogen-bond donors (Lipinski definition) is 1. The molecular weight excluding hydrogens is 419 g/mol. The van der Waals surface area contributed by atoms with E-state index in [0.717, 1.165) is 5.56 Å². The molecule has 2 aromatic carbocycles. The van der Waals surface area contributed by atoms with E-state index in [1.807, 2.05) is 0 Å². The van der Waals surface area contributed by atoms with Crippen LogP contribution in [-0.2, 0) is 13.3 Å². The maximum Gasteiger partial charge on any atom is 0.311 e. The van der Waals surface area contributed by atoms with Crippen molar-refractivity contribution in [1.82, 2.24) is 19.6 Å². The number of amides is 1. The number of para-hydroxylation sites is 2. The first kappa shape index (κ1) is 20.7. The van der Waals surface area contributed by atoms with Crippen LogP contribution in [-0.4, -0.2) is 30.4 Å². The summed E-state index contributed by atoms with van der Waals surface area (Å²) in [7, 11) is 0. The fourth-order valence-corrected chi connectivity index (χ4v) is 2.94. The summed E-state index contributed by atoms with van der Waals surface area (Å²) in [6.45, 7) is 0.242. The Bertz CT molecular complexity index is 1270. The fourth-order valence-electron chi connectivity index (χ4n) is 2.94. The van der Waals surface area contributed by atoms with E-state index in [-0.39, 0.29) is 29.7 Å². The summed E-state index contributed by atoms with van der Waals surface area (Å²) in [5.74, 6) is -0.394. The number of nitrogens with zero attached hydrogens (tertiary/aromatic N) is 5. The van der Waals surface area contributed by atoms with E-state index in [4.69, 9.17) is 4.74 Å². The number of aromatic nitrogens is 4. The first-order valence-electron chi connectivity index (χ1n) is 9.47. The van der Waals surface area contributed by atoms with Gasteiger partial charge in [0, 0.05) is 24.5 Å². The predicted molar refractivity (Wildman–Crippen MR) is 112 cm³/mol. The summed E-state index contributed by atoms with van der Waals surface area (Å²) in [6, 6.07) is 15.3. The third kappa shape index (κ3) is 4.95. The quantitative estimate of drug-likeness (QED) is 0.334. The predicted octanol–water partition coefficient (Wildman–Crippen LogP) is 3.46. The minimum atomic E-state index is -0.537. The van der Waals surface area contributed by atoms with Crippen molar-refractivity contribution in [3.63, 3.8) is 0 Å². The molecule has 2 aromatic heterocycles. The lowest BCUT2D eigenvalue weighted by molar-refractivity contribution is -0.386. The van der Waals surface area contributed by atoms with Gasteiger partial charge >= 0.3 is 5.69 Å². The molecule has 0 spiro atoms. The number of nitrogens with one attached hydrogen (secondary N) is 1. The van der Waals surface area contributed by atoms with Crippen LogP contribution in [0.1, 0.15) is 16.1 Å². The highest BCUT2D eigenvalue weighted by Gasteiger charge is 2.15. The van der Waals surface area contributed by atoms with Gasteiger partial charge in [-0.2, -0.15) is 10.2 Å². The van der Waals surface area contributed by atoms with E-state index in [0.29, 0.717) is 12.4 Å². The lowest BCUT2D eigenvalue weighted by Gasteiger charge is -2.06. The van der Waals surface area contributed by atoms with Gasteiger partial charge in [0.15, 0.2) is 24.0 Å². The standard InChI is InChI=1S/C21H17FN6O4/c22-16-5-3-4-15(12-16)13-26-11-9-20(25-26)23-21(29)17-8-10-27(24-17)14-32-19-7-2-1-6-18(19)28(30)31/h1-12H,13-14H2,(H,23,25,29). The van der Waals surface area contributed by atoms with Crippen molar-refractivity contribution in [2.45, 2.75) is 13.3 Å². The number of halogens is 1. The molecule has 10 nitrogen and oxygen atoms in total. The summed E-state index contributed by atoms with van der Waals surface area (Å²) in [5, 5.41) is 22.0. The number of carbonyl (C=O) groups is 1. The van der Waals surface area contributed by atoms with Crippen molar-refractivity contribution in [2.24, 2.45) is 0 Å². The van der Waals surface area contributed by atoms with Crippen LogP contribution in [0, 0.1) is 15.9 Å². The van der Waals surface area contributed by atoms with Crippen LogP contribution in [0.25, 0.3) is 0 Å². The minimum absolute atomic E-state index is 0.0999. The molecule has 0 aliphatic rings. The van der Waals surface area contributed by atoms with Crippen LogP contribution in [0.4, 0.5) is 15.9 Å². The van der Waals surface area contributed by atoms with Gasteiger partial charge in [-0.3, -0.25) is 19.6 Å². The van der Waals surface area contributed by atoms with Gasteiger partial charge in [-0.05, 0) is 29.8 Å². The molecule has 0 saturated heterocycles. The highest BCUT2D eigenvalue weighted by molar-refractivity contribution is 6.02. The molecule has 0 unspecified atom stereocenters. The Hall–Kier alpha value is -4.54. The van der Waals surface area contributed by atoms with Gasteiger partial charge < -0.3 is 10.1 Å². The zero-order valence-electron chi connectivity index (χ0n) is 16.6. The molecule has 11 heteroatoms. The lowest BCUT2D eigenvalue weighted by Crippen LogP contribution is -2.15.